The van der Waals surface area contributed by atoms with Crippen LogP contribution in [0, 0.1) is 13.8 Å². The standard InChI is InChI=1S/C28H30ClN5O3S/c1-17-8-6-7-9-20(17)16-38-28-33-32-26(34(28)25-12-21(29)11-10-18(25)2)19(3)30-27(35)31-22-13-23(36-4)15-24(14-22)37-5/h6-15,19H,16H2,1-5H3,(H2,30,31,35). The predicted octanol–water partition coefficient (Wildman–Crippen LogP) is 6.73. The Morgan fingerprint density at radius 1 is 1.00 bits per heavy atom. The molecule has 0 spiro atoms. The first kappa shape index (κ1) is 27.3. The Hall–Kier alpha value is -3.69. The molecule has 0 aliphatic carbocycles. The van der Waals surface area contributed by atoms with Crippen molar-refractivity contribution in [1.29, 1.82) is 0 Å². The lowest BCUT2D eigenvalue weighted by Crippen LogP contribution is -2.32. The van der Waals surface area contributed by atoms with Crippen molar-refractivity contribution in [3.05, 3.63) is 88.2 Å². The van der Waals surface area contributed by atoms with Crippen LogP contribution in [-0.4, -0.2) is 35.0 Å². The van der Waals surface area contributed by atoms with Gasteiger partial charge in [-0.25, -0.2) is 4.79 Å². The third-order valence-electron chi connectivity index (χ3n) is 6.03. The maximum Gasteiger partial charge on any atom is 0.319 e. The molecule has 1 atom stereocenters. The highest BCUT2D eigenvalue weighted by Gasteiger charge is 2.23. The van der Waals surface area contributed by atoms with E-state index in [9.17, 15) is 4.79 Å². The molecule has 0 fully saturated rings. The van der Waals surface area contributed by atoms with E-state index in [-0.39, 0.29) is 0 Å². The molecular weight excluding hydrogens is 522 g/mol. The number of thioether (sulfide) groups is 1. The highest BCUT2D eigenvalue weighted by molar-refractivity contribution is 7.98. The first-order valence-electron chi connectivity index (χ1n) is 12.0. The Labute approximate surface area is 231 Å². The average molecular weight is 552 g/mol. The zero-order valence-electron chi connectivity index (χ0n) is 21.9. The second-order valence-corrected chi connectivity index (χ2v) is 10.1. The van der Waals surface area contributed by atoms with Crippen LogP contribution in [0.5, 0.6) is 11.5 Å². The monoisotopic (exact) mass is 551 g/mol. The van der Waals surface area contributed by atoms with Gasteiger partial charge in [-0.2, -0.15) is 0 Å². The van der Waals surface area contributed by atoms with Crippen LogP contribution in [0.1, 0.15) is 35.5 Å². The largest absolute Gasteiger partial charge is 0.497 e. The van der Waals surface area contributed by atoms with Crippen molar-refractivity contribution in [2.45, 2.75) is 37.7 Å². The lowest BCUT2D eigenvalue weighted by atomic mass is 10.1. The molecule has 38 heavy (non-hydrogen) atoms. The second-order valence-electron chi connectivity index (χ2n) is 8.74. The molecule has 0 aliphatic heterocycles. The smallest absolute Gasteiger partial charge is 0.319 e. The van der Waals surface area contributed by atoms with E-state index in [0.717, 1.165) is 17.0 Å². The van der Waals surface area contributed by atoms with Gasteiger partial charge in [0.25, 0.3) is 0 Å². The van der Waals surface area contributed by atoms with Gasteiger partial charge in [0.05, 0.1) is 25.9 Å². The summed E-state index contributed by atoms with van der Waals surface area (Å²) in [5.41, 5.74) is 4.83. The minimum Gasteiger partial charge on any atom is -0.497 e. The summed E-state index contributed by atoms with van der Waals surface area (Å²) >= 11 is 7.96. The van der Waals surface area contributed by atoms with Gasteiger partial charge in [0.15, 0.2) is 11.0 Å². The summed E-state index contributed by atoms with van der Waals surface area (Å²) in [5, 5.41) is 16.1. The fourth-order valence-electron chi connectivity index (χ4n) is 3.93. The predicted molar refractivity (Wildman–Crippen MR) is 152 cm³/mol. The molecule has 4 rings (SSSR count). The van der Waals surface area contributed by atoms with Crippen LogP contribution < -0.4 is 20.1 Å². The van der Waals surface area contributed by atoms with Gasteiger partial charge < -0.3 is 20.1 Å². The van der Waals surface area contributed by atoms with Gasteiger partial charge in [0.2, 0.25) is 0 Å². The molecule has 0 radical (unpaired) electrons. The Morgan fingerprint density at radius 3 is 2.39 bits per heavy atom. The maximum atomic E-state index is 12.9. The normalized spacial score (nSPS) is 11.6. The molecule has 1 unspecified atom stereocenters. The number of methoxy groups -OCH3 is 2. The Balaban J connectivity index is 1.61. The molecule has 3 aromatic carbocycles. The zero-order chi connectivity index (χ0) is 27.2. The second kappa shape index (κ2) is 12.2. The van der Waals surface area contributed by atoms with Crippen LogP contribution >= 0.6 is 23.4 Å². The third-order valence-corrected chi connectivity index (χ3v) is 7.25. The maximum absolute atomic E-state index is 12.9. The summed E-state index contributed by atoms with van der Waals surface area (Å²) < 4.78 is 12.5. The molecule has 0 aliphatic rings. The average Bonchev–Trinajstić information content (AvgIpc) is 3.33. The number of carbonyl (C=O) groups is 1. The minimum absolute atomic E-state index is 0.403. The molecule has 1 aromatic heterocycles. The number of urea groups is 1. The van der Waals surface area contributed by atoms with E-state index in [4.69, 9.17) is 21.1 Å². The summed E-state index contributed by atoms with van der Waals surface area (Å²) in [4.78, 5) is 12.9. The molecule has 8 nitrogen and oxygen atoms in total. The van der Waals surface area contributed by atoms with Crippen molar-refractivity contribution in [2.75, 3.05) is 19.5 Å². The Bertz CT molecular complexity index is 1420. The van der Waals surface area contributed by atoms with Crippen molar-refractivity contribution in [3.8, 4) is 17.2 Å². The number of anilines is 1. The number of hydrogen-bond acceptors (Lipinski definition) is 6. The van der Waals surface area contributed by atoms with Crippen molar-refractivity contribution in [2.24, 2.45) is 0 Å². The van der Waals surface area contributed by atoms with E-state index in [1.807, 2.05) is 48.7 Å². The van der Waals surface area contributed by atoms with Crippen molar-refractivity contribution in [1.82, 2.24) is 20.1 Å². The number of rotatable bonds is 9. The number of aryl methyl sites for hydroxylation is 2. The van der Waals surface area contributed by atoms with Gasteiger partial charge in [-0.05, 0) is 49.6 Å². The number of aromatic nitrogens is 3. The number of hydrogen-bond donors (Lipinski definition) is 2. The molecule has 2 N–H and O–H groups in total. The summed E-state index contributed by atoms with van der Waals surface area (Å²) in [6, 6.07) is 18.2. The van der Waals surface area contributed by atoms with Crippen LogP contribution in [-0.2, 0) is 5.75 Å². The highest BCUT2D eigenvalue weighted by Crippen LogP contribution is 2.31. The van der Waals surface area contributed by atoms with Gasteiger partial charge in [-0.15, -0.1) is 10.2 Å². The van der Waals surface area contributed by atoms with Gasteiger partial charge >= 0.3 is 6.03 Å². The molecule has 10 heteroatoms. The lowest BCUT2D eigenvalue weighted by molar-refractivity contribution is 0.248. The van der Waals surface area contributed by atoms with Gasteiger partial charge in [-0.1, -0.05) is 53.7 Å². The van der Waals surface area contributed by atoms with Crippen LogP contribution in [0.4, 0.5) is 10.5 Å². The summed E-state index contributed by atoms with van der Waals surface area (Å²) in [5.74, 6) is 2.45. The molecule has 1 heterocycles. The van der Waals surface area contributed by atoms with E-state index >= 15 is 0 Å². The Kier molecular flexibility index (Phi) is 8.81. The molecule has 4 aromatic rings. The van der Waals surface area contributed by atoms with E-state index in [0.29, 0.717) is 33.2 Å². The fourth-order valence-corrected chi connectivity index (χ4v) is 5.12. The number of carbonyl (C=O) groups excluding carboxylic acids is 1. The number of nitrogens with one attached hydrogen (secondary N) is 2. The molecule has 2 amide bonds. The fraction of sp³-hybridized carbons (Fsp3) is 0.250. The van der Waals surface area contributed by atoms with Gasteiger partial charge in [0.1, 0.15) is 11.5 Å². The van der Waals surface area contributed by atoms with Crippen molar-refractivity contribution >= 4 is 35.1 Å². The topological polar surface area (TPSA) is 90.3 Å². The molecule has 0 saturated heterocycles. The van der Waals surface area contributed by atoms with Crippen LogP contribution in [0.25, 0.3) is 5.69 Å². The number of halogens is 1. The third kappa shape index (κ3) is 6.41. The molecule has 0 saturated carbocycles. The summed E-state index contributed by atoms with van der Waals surface area (Å²) in [6.45, 7) is 5.96. The quantitative estimate of drug-likeness (QED) is 0.224. The molecular formula is C28H30ClN5O3S. The van der Waals surface area contributed by atoms with E-state index < -0.39 is 12.1 Å². The molecule has 198 valence electrons. The zero-order valence-corrected chi connectivity index (χ0v) is 23.5. The number of amides is 2. The number of nitrogens with zero attached hydrogens (tertiary/aromatic N) is 3. The van der Waals surface area contributed by atoms with E-state index in [1.165, 1.54) is 11.1 Å². The van der Waals surface area contributed by atoms with Gasteiger partial charge in [0, 0.05) is 34.7 Å². The van der Waals surface area contributed by atoms with E-state index in [2.05, 4.69) is 39.9 Å². The highest BCUT2D eigenvalue weighted by atomic mass is 35.5. The van der Waals surface area contributed by atoms with Gasteiger partial charge in [-0.3, -0.25) is 4.57 Å². The number of benzene rings is 3. The SMILES string of the molecule is COc1cc(NC(=O)NC(C)c2nnc(SCc3ccccc3C)n2-c2cc(Cl)ccc2C)cc(OC)c1. The lowest BCUT2D eigenvalue weighted by Gasteiger charge is -2.18. The van der Waals surface area contributed by atoms with Crippen LogP contribution in [0.15, 0.2) is 65.8 Å². The van der Waals surface area contributed by atoms with Crippen LogP contribution in [0.3, 0.4) is 0 Å². The Morgan fingerprint density at radius 2 is 1.71 bits per heavy atom. The first-order chi connectivity index (χ1) is 18.3. The summed E-state index contributed by atoms with van der Waals surface area (Å²) in [7, 11) is 3.11. The minimum atomic E-state index is -0.471. The molecule has 0 bridgehead atoms. The van der Waals surface area contributed by atoms with Crippen molar-refractivity contribution < 1.29 is 14.3 Å². The van der Waals surface area contributed by atoms with E-state index in [1.54, 1.807) is 44.2 Å². The first-order valence-corrected chi connectivity index (χ1v) is 13.3. The number of ether oxygens (including phenoxy) is 2. The van der Waals surface area contributed by atoms with Crippen LogP contribution in [0.2, 0.25) is 5.02 Å². The summed E-state index contributed by atoms with van der Waals surface area (Å²) in [6.07, 6.45) is 0. The van der Waals surface area contributed by atoms with Crippen molar-refractivity contribution in [3.63, 3.8) is 0 Å².